The van der Waals surface area contributed by atoms with Crippen molar-refractivity contribution in [2.24, 2.45) is 0 Å². The minimum Gasteiger partial charge on any atom is -0.480 e. The van der Waals surface area contributed by atoms with Crippen LogP contribution >= 0.6 is 22.6 Å². The van der Waals surface area contributed by atoms with Gasteiger partial charge in [-0.25, -0.2) is 14.6 Å². The van der Waals surface area contributed by atoms with Crippen LogP contribution in [0.5, 0.6) is 5.88 Å². The van der Waals surface area contributed by atoms with Gasteiger partial charge in [-0.15, -0.1) is 6.58 Å². The van der Waals surface area contributed by atoms with Crippen LogP contribution in [0.2, 0.25) is 0 Å². The molecule has 4 rings (SSSR count). The fraction of sp³-hybridized carbons (Fsp3) is 0.438. The number of nitrogens with one attached hydrogen (secondary N) is 2. The molecule has 0 saturated carbocycles. The summed E-state index contributed by atoms with van der Waals surface area (Å²) in [5.41, 5.74) is 1.52. The Balaban J connectivity index is 1.70. The van der Waals surface area contributed by atoms with Crippen molar-refractivity contribution in [1.82, 2.24) is 20.5 Å². The third-order valence-corrected chi connectivity index (χ3v) is 8.90. The highest BCUT2D eigenvalue weighted by atomic mass is 127. The summed E-state index contributed by atoms with van der Waals surface area (Å²) in [6.45, 7) is 10.6. The predicted octanol–water partition coefficient (Wildman–Crippen LogP) is 5.22. The number of carboxylic acid groups (broad SMARTS) is 1. The smallest absolute Gasteiger partial charge is 0.407 e. The Morgan fingerprint density at radius 1 is 1.35 bits per heavy atom. The number of ether oxygens (including phenoxy) is 2. The largest absolute Gasteiger partial charge is 0.480 e. The number of hydrogen-bond donors (Lipinski definition) is 3. The van der Waals surface area contributed by atoms with Gasteiger partial charge in [0.05, 0.1) is 23.1 Å². The van der Waals surface area contributed by atoms with Crippen LogP contribution in [0.25, 0.3) is 16.8 Å². The summed E-state index contributed by atoms with van der Waals surface area (Å²) >= 11 is 1.94. The molecule has 3 N–H and O–H groups in total. The molecule has 0 aliphatic carbocycles. The summed E-state index contributed by atoms with van der Waals surface area (Å²) in [4.78, 5) is 44.8. The van der Waals surface area contributed by atoms with E-state index < -0.39 is 46.1 Å². The number of hydrogen-bond acceptors (Lipinski definition) is 7. The van der Waals surface area contributed by atoms with Gasteiger partial charge in [0.1, 0.15) is 18.2 Å². The molecule has 2 aliphatic heterocycles. The van der Waals surface area contributed by atoms with Crippen molar-refractivity contribution in [1.29, 1.82) is 0 Å². The van der Waals surface area contributed by atoms with Crippen molar-refractivity contribution in [3.05, 3.63) is 67.0 Å². The average molecular weight is 703 g/mol. The normalized spacial score (nSPS) is 23.2. The van der Waals surface area contributed by atoms with Crippen LogP contribution in [0.15, 0.2) is 61.5 Å². The molecule has 0 radical (unpaired) electrons. The Labute approximate surface area is 265 Å². The highest BCUT2D eigenvalue weighted by molar-refractivity contribution is 14.1. The van der Waals surface area contributed by atoms with Crippen molar-refractivity contribution < 1.29 is 29.0 Å². The van der Waals surface area contributed by atoms with Crippen molar-refractivity contribution >= 4 is 57.4 Å². The third kappa shape index (κ3) is 8.27. The van der Waals surface area contributed by atoms with Gasteiger partial charge in [-0.05, 0) is 42.3 Å². The Kier molecular flexibility index (Phi) is 11.4. The number of nitrogens with zero attached hydrogens (tertiary/aromatic N) is 2. The number of carbonyl (C=O) groups is 3. The Bertz CT molecular complexity index is 1380. The van der Waals surface area contributed by atoms with Gasteiger partial charge in [0.2, 0.25) is 11.8 Å². The predicted molar refractivity (Wildman–Crippen MR) is 174 cm³/mol. The van der Waals surface area contributed by atoms with E-state index in [2.05, 4.69) is 35.7 Å². The summed E-state index contributed by atoms with van der Waals surface area (Å²) in [7, 11) is 0. The van der Waals surface area contributed by atoms with E-state index in [4.69, 9.17) is 9.47 Å². The van der Waals surface area contributed by atoms with Gasteiger partial charge in [-0.1, -0.05) is 79.3 Å². The molecule has 230 valence electrons. The third-order valence-electron chi connectivity index (χ3n) is 7.67. The summed E-state index contributed by atoms with van der Waals surface area (Å²) in [5, 5.41) is 17.3. The minimum absolute atomic E-state index is 0.261. The zero-order valence-electron chi connectivity index (χ0n) is 24.3. The van der Waals surface area contributed by atoms with Crippen molar-refractivity contribution in [2.45, 2.75) is 73.6 Å². The fourth-order valence-corrected chi connectivity index (χ4v) is 5.81. The topological polar surface area (TPSA) is 130 Å². The van der Waals surface area contributed by atoms with E-state index in [9.17, 15) is 19.5 Å². The number of cyclic esters (lactones) is 1. The van der Waals surface area contributed by atoms with Crippen LogP contribution in [-0.4, -0.2) is 74.3 Å². The number of benzene rings is 1. The van der Waals surface area contributed by atoms with Gasteiger partial charge in [0.15, 0.2) is 0 Å². The van der Waals surface area contributed by atoms with Gasteiger partial charge >= 0.3 is 12.1 Å². The Morgan fingerprint density at radius 3 is 2.91 bits per heavy atom. The number of pyridine rings is 1. The first kappa shape index (κ1) is 32.3. The summed E-state index contributed by atoms with van der Waals surface area (Å²) in [5.74, 6) is -1.17. The molecule has 5 atom stereocenters. The molecule has 2 aliphatic rings. The maximum Gasteiger partial charge on any atom is 0.407 e. The highest BCUT2D eigenvalue weighted by Gasteiger charge is 2.42. The number of alkyl halides is 1. The SMILES string of the molecule is C=C[C@H](I)C(NC(=O)[C@@H]1C[C@@H]2CN1C(=C)[C@H](CCCC)NC(=O)OCCC/C=C/c1ccc3ccnc(c3c1)O2)C(=O)O. The standard InChI is InChI=1S/C32H39IN4O6/c1-4-6-11-26-20(3)37-19-23(18-27(37)29(38)36-28(31(39)40)25(33)5-2)43-30-24-17-21(12-13-22(24)14-15-34-30)10-8-7-9-16-42-32(41)35-26/h5,8,10,12-15,17,23,25-28H,2-4,6-7,9,11,16,18-19H2,1H3,(H,35,41)(H,36,38)(H,39,40)/b10-8+/t23-,25+,26+,27+,28?/m1/s1. The first-order valence-electron chi connectivity index (χ1n) is 14.6. The molecule has 0 spiro atoms. The number of carboxylic acids is 1. The van der Waals surface area contributed by atoms with Crippen LogP contribution in [-0.2, 0) is 14.3 Å². The lowest BCUT2D eigenvalue weighted by molar-refractivity contribution is -0.142. The molecule has 1 aromatic carbocycles. The zero-order chi connectivity index (χ0) is 30.9. The second-order valence-electron chi connectivity index (χ2n) is 10.8. The van der Waals surface area contributed by atoms with Crippen LogP contribution in [0.4, 0.5) is 4.79 Å². The number of aromatic nitrogens is 1. The van der Waals surface area contributed by atoms with Crippen LogP contribution in [0.1, 0.15) is 51.0 Å². The number of halogens is 1. The quantitative estimate of drug-likeness (QED) is 0.194. The maximum absolute atomic E-state index is 13.7. The van der Waals surface area contributed by atoms with Gasteiger partial charge in [0.25, 0.3) is 0 Å². The molecule has 43 heavy (non-hydrogen) atoms. The lowest BCUT2D eigenvalue weighted by Crippen LogP contribution is -2.53. The number of fused-ring (bicyclic) bond motifs is 3. The Morgan fingerprint density at radius 2 is 2.16 bits per heavy atom. The molecule has 1 aromatic heterocycles. The number of rotatable bonds is 8. The lowest BCUT2D eigenvalue weighted by Gasteiger charge is -2.33. The van der Waals surface area contributed by atoms with E-state index in [1.807, 2.05) is 63.9 Å². The number of alkyl carbamates (subject to hydrolysis) is 1. The highest BCUT2D eigenvalue weighted by Crippen LogP contribution is 2.32. The van der Waals surface area contributed by atoms with E-state index >= 15 is 0 Å². The lowest BCUT2D eigenvalue weighted by atomic mass is 10.1. The Hall–Kier alpha value is -3.61. The van der Waals surface area contributed by atoms with Gasteiger partial charge < -0.3 is 30.1 Å². The van der Waals surface area contributed by atoms with E-state index in [1.165, 1.54) is 6.08 Å². The maximum atomic E-state index is 13.7. The molecule has 1 unspecified atom stereocenters. The molecule has 4 bridgehead atoms. The van der Waals surface area contributed by atoms with Crippen molar-refractivity contribution in [3.63, 3.8) is 0 Å². The van der Waals surface area contributed by atoms with E-state index in [0.29, 0.717) is 31.0 Å². The average Bonchev–Trinajstić information content (AvgIpc) is 3.42. The fourth-order valence-electron chi connectivity index (χ4n) is 5.33. The molecular weight excluding hydrogens is 663 g/mol. The number of amides is 2. The van der Waals surface area contributed by atoms with Crippen molar-refractivity contribution in [2.75, 3.05) is 13.2 Å². The molecule has 2 amide bonds. The second-order valence-corrected chi connectivity index (χ2v) is 12.2. The molecule has 1 saturated heterocycles. The molecule has 1 fully saturated rings. The summed E-state index contributed by atoms with van der Waals surface area (Å²) in [6.07, 6.45) is 10.2. The van der Waals surface area contributed by atoms with E-state index in [-0.39, 0.29) is 13.0 Å². The minimum atomic E-state index is -1.16. The first-order valence-corrected chi connectivity index (χ1v) is 15.9. The molecule has 11 heteroatoms. The molecule has 10 nitrogen and oxygen atoms in total. The zero-order valence-corrected chi connectivity index (χ0v) is 26.5. The molecule has 2 aromatic rings. The molecule has 3 heterocycles. The van der Waals surface area contributed by atoms with E-state index in [0.717, 1.165) is 35.6 Å². The summed E-state index contributed by atoms with van der Waals surface area (Å²) < 4.78 is 11.4. The van der Waals surface area contributed by atoms with E-state index in [1.54, 1.807) is 6.20 Å². The van der Waals surface area contributed by atoms with Gasteiger partial charge in [-0.2, -0.15) is 0 Å². The van der Waals surface area contributed by atoms with Gasteiger partial charge in [-0.3, -0.25) is 4.79 Å². The summed E-state index contributed by atoms with van der Waals surface area (Å²) in [6, 6.07) is 5.54. The first-order chi connectivity index (χ1) is 20.7. The number of carbonyl (C=O) groups excluding carboxylic acids is 2. The number of unbranched alkanes of at least 4 members (excludes halogenated alkanes) is 1. The van der Waals surface area contributed by atoms with Crippen LogP contribution in [0.3, 0.4) is 0 Å². The van der Waals surface area contributed by atoms with Crippen molar-refractivity contribution in [3.8, 4) is 5.88 Å². The monoisotopic (exact) mass is 702 g/mol. The number of aliphatic carboxylic acids is 1. The van der Waals surface area contributed by atoms with Crippen LogP contribution in [0, 0.1) is 0 Å². The molecular formula is C32H39IN4O6. The van der Waals surface area contributed by atoms with Gasteiger partial charge in [0, 0.05) is 23.7 Å². The number of allylic oxidation sites excluding steroid dienone is 1. The van der Waals surface area contributed by atoms with Crippen LogP contribution < -0.4 is 15.4 Å². The second kappa shape index (κ2) is 15.2.